The van der Waals surface area contributed by atoms with E-state index < -0.39 is 12.1 Å². The van der Waals surface area contributed by atoms with Crippen LogP contribution in [0, 0.1) is 5.41 Å². The van der Waals surface area contributed by atoms with E-state index in [1.165, 1.54) is 0 Å². The summed E-state index contributed by atoms with van der Waals surface area (Å²) < 4.78 is 37.5. The van der Waals surface area contributed by atoms with Crippen molar-refractivity contribution in [3.05, 3.63) is 59.9 Å². The molecule has 1 aromatic carbocycles. The minimum absolute atomic E-state index is 0.128. The molecule has 32 heavy (non-hydrogen) atoms. The normalized spacial score (nSPS) is 17.0. The summed E-state index contributed by atoms with van der Waals surface area (Å²) in [6.07, 6.45) is 0.642. The number of alkyl halides is 3. The Hall–Kier alpha value is -3.14. The molecule has 1 amide bonds. The summed E-state index contributed by atoms with van der Waals surface area (Å²) in [4.78, 5) is 27.5. The van der Waals surface area contributed by atoms with E-state index in [-0.39, 0.29) is 5.91 Å². The molecule has 1 aromatic heterocycles. The zero-order valence-electron chi connectivity index (χ0n) is 17.3. The van der Waals surface area contributed by atoms with Crippen LogP contribution in [0.1, 0.15) is 28.8 Å². The van der Waals surface area contributed by atoms with Gasteiger partial charge in [0.05, 0.1) is 0 Å². The van der Waals surface area contributed by atoms with Gasteiger partial charge < -0.3 is 20.1 Å². The zero-order valence-corrected chi connectivity index (χ0v) is 17.3. The fourth-order valence-electron chi connectivity index (χ4n) is 3.54. The van der Waals surface area contributed by atoms with Gasteiger partial charge in [-0.2, -0.15) is 13.2 Å². The summed E-state index contributed by atoms with van der Waals surface area (Å²) in [7, 11) is 0. The molecule has 2 aromatic rings. The summed E-state index contributed by atoms with van der Waals surface area (Å²) >= 11 is 0. The molecule has 0 bridgehead atoms. The number of likely N-dealkylation sites (tertiary alicyclic amines) is 1. The van der Waals surface area contributed by atoms with Crippen molar-refractivity contribution in [3.8, 4) is 5.75 Å². The van der Waals surface area contributed by atoms with E-state index in [4.69, 9.17) is 14.6 Å². The van der Waals surface area contributed by atoms with Crippen molar-refractivity contribution in [1.29, 1.82) is 0 Å². The van der Waals surface area contributed by atoms with Gasteiger partial charge in [0.25, 0.3) is 5.91 Å². The number of halogens is 3. The lowest BCUT2D eigenvalue weighted by Gasteiger charge is -2.48. The molecule has 172 valence electrons. The van der Waals surface area contributed by atoms with Crippen LogP contribution < -0.4 is 10.1 Å². The Morgan fingerprint density at radius 2 is 1.62 bits per heavy atom. The molecule has 2 aliphatic heterocycles. The smallest absolute Gasteiger partial charge is 0.489 e. The second-order valence-electron chi connectivity index (χ2n) is 7.87. The minimum Gasteiger partial charge on any atom is -0.489 e. The summed E-state index contributed by atoms with van der Waals surface area (Å²) in [5.74, 6) is -1.86. The third-order valence-electron chi connectivity index (χ3n) is 5.61. The maximum absolute atomic E-state index is 12.7. The number of hydrogen-bond donors (Lipinski definition) is 2. The first kappa shape index (κ1) is 23.5. The van der Waals surface area contributed by atoms with E-state index in [0.29, 0.717) is 12.0 Å². The van der Waals surface area contributed by atoms with E-state index in [0.717, 1.165) is 55.9 Å². The highest BCUT2D eigenvalue weighted by Gasteiger charge is 2.40. The van der Waals surface area contributed by atoms with E-state index in [9.17, 15) is 18.0 Å². The Bertz CT molecular complexity index is 906. The number of nitrogens with zero attached hydrogens (tertiary/aromatic N) is 2. The highest BCUT2D eigenvalue weighted by atomic mass is 19.4. The number of aromatic nitrogens is 1. The number of pyridine rings is 1. The number of ether oxygens (including phenoxy) is 1. The number of benzene rings is 1. The lowest BCUT2D eigenvalue weighted by Crippen LogP contribution is -2.58. The Morgan fingerprint density at radius 3 is 2.09 bits per heavy atom. The Labute approximate surface area is 183 Å². The molecule has 0 aliphatic carbocycles. The fraction of sp³-hybridized carbons (Fsp3) is 0.409. The van der Waals surface area contributed by atoms with Crippen LogP contribution in [0.5, 0.6) is 5.75 Å². The Morgan fingerprint density at radius 1 is 1.06 bits per heavy atom. The number of rotatable bonds is 4. The summed E-state index contributed by atoms with van der Waals surface area (Å²) in [6.45, 7) is 4.44. The summed E-state index contributed by atoms with van der Waals surface area (Å²) in [6, 6.07) is 11.3. The molecule has 1 spiro atoms. The number of nitrogens with one attached hydrogen (secondary N) is 1. The van der Waals surface area contributed by atoms with Crippen LogP contribution in [-0.2, 0) is 11.4 Å². The van der Waals surface area contributed by atoms with Crippen LogP contribution in [0.2, 0.25) is 0 Å². The predicted octanol–water partition coefficient (Wildman–Crippen LogP) is 3.12. The van der Waals surface area contributed by atoms with Gasteiger partial charge in [-0.25, -0.2) is 4.79 Å². The molecule has 0 atom stereocenters. The van der Waals surface area contributed by atoms with Gasteiger partial charge in [-0.15, -0.1) is 0 Å². The van der Waals surface area contributed by atoms with Gasteiger partial charge in [-0.1, -0.05) is 0 Å². The number of amides is 1. The largest absolute Gasteiger partial charge is 0.490 e. The van der Waals surface area contributed by atoms with Crippen molar-refractivity contribution in [1.82, 2.24) is 15.2 Å². The monoisotopic (exact) mass is 451 g/mol. The average molecular weight is 451 g/mol. The molecular formula is C22H24F3N3O4. The Balaban J connectivity index is 0.000000360. The van der Waals surface area contributed by atoms with Gasteiger partial charge in [0.15, 0.2) is 0 Å². The van der Waals surface area contributed by atoms with Crippen LogP contribution in [0.15, 0.2) is 48.8 Å². The van der Waals surface area contributed by atoms with Crippen molar-refractivity contribution in [3.63, 3.8) is 0 Å². The standard InChI is InChI=1S/C20H23N3O2.C2HF3O2/c24-19(23-11-7-20(8-12-23)14-22-15-20)17-1-3-18(4-2-17)25-13-16-5-9-21-10-6-16;3-2(4,5)1(6)7/h1-6,9-10,22H,7-8,11-15H2;(H,6,7). The molecule has 2 saturated heterocycles. The van der Waals surface area contributed by atoms with Crippen molar-refractivity contribution in [2.45, 2.75) is 25.6 Å². The van der Waals surface area contributed by atoms with Crippen molar-refractivity contribution < 1.29 is 32.6 Å². The predicted molar refractivity (Wildman–Crippen MR) is 109 cm³/mol. The molecule has 2 N–H and O–H groups in total. The molecule has 3 heterocycles. The first-order valence-corrected chi connectivity index (χ1v) is 10.1. The molecule has 7 nitrogen and oxygen atoms in total. The molecule has 2 aliphatic rings. The third-order valence-corrected chi connectivity index (χ3v) is 5.61. The van der Waals surface area contributed by atoms with Gasteiger partial charge in [-0.05, 0) is 60.2 Å². The number of piperidine rings is 1. The first-order chi connectivity index (χ1) is 15.2. The first-order valence-electron chi connectivity index (χ1n) is 10.1. The second-order valence-corrected chi connectivity index (χ2v) is 7.87. The van der Waals surface area contributed by atoms with Crippen molar-refractivity contribution >= 4 is 11.9 Å². The van der Waals surface area contributed by atoms with Crippen LogP contribution in [0.3, 0.4) is 0 Å². The number of hydrogen-bond acceptors (Lipinski definition) is 5. The number of carboxylic acid groups (broad SMARTS) is 1. The van der Waals surface area contributed by atoms with E-state index in [1.807, 2.05) is 41.3 Å². The quantitative estimate of drug-likeness (QED) is 0.742. The maximum Gasteiger partial charge on any atom is 0.490 e. The van der Waals surface area contributed by atoms with Crippen LogP contribution in [-0.4, -0.2) is 59.2 Å². The molecule has 0 unspecified atom stereocenters. The number of carboxylic acids is 1. The van der Waals surface area contributed by atoms with Gasteiger partial charge >= 0.3 is 12.1 Å². The minimum atomic E-state index is -5.08. The van der Waals surface area contributed by atoms with Crippen molar-refractivity contribution in [2.24, 2.45) is 5.41 Å². The third kappa shape index (κ3) is 6.19. The van der Waals surface area contributed by atoms with E-state index in [2.05, 4.69) is 10.3 Å². The van der Waals surface area contributed by atoms with Gasteiger partial charge in [0, 0.05) is 44.1 Å². The molecule has 4 rings (SSSR count). The molecule has 10 heteroatoms. The van der Waals surface area contributed by atoms with Crippen LogP contribution >= 0.6 is 0 Å². The lowest BCUT2D eigenvalue weighted by molar-refractivity contribution is -0.192. The van der Waals surface area contributed by atoms with Crippen LogP contribution in [0.25, 0.3) is 0 Å². The summed E-state index contributed by atoms with van der Waals surface area (Å²) in [5, 5.41) is 10.5. The van der Waals surface area contributed by atoms with Gasteiger partial charge in [-0.3, -0.25) is 9.78 Å². The maximum atomic E-state index is 12.7. The highest BCUT2D eigenvalue weighted by Crippen LogP contribution is 2.35. The highest BCUT2D eigenvalue weighted by molar-refractivity contribution is 5.94. The number of carbonyl (C=O) groups excluding carboxylic acids is 1. The molecular weight excluding hydrogens is 427 g/mol. The zero-order chi connectivity index (χ0) is 23.2. The van der Waals surface area contributed by atoms with E-state index in [1.54, 1.807) is 12.4 Å². The number of carbonyl (C=O) groups is 2. The van der Waals surface area contributed by atoms with Gasteiger partial charge in [0.2, 0.25) is 0 Å². The second kappa shape index (κ2) is 9.99. The van der Waals surface area contributed by atoms with Crippen molar-refractivity contribution in [2.75, 3.05) is 26.2 Å². The van der Waals surface area contributed by atoms with Gasteiger partial charge in [0.1, 0.15) is 12.4 Å². The average Bonchev–Trinajstić information content (AvgIpc) is 2.77. The Kier molecular flexibility index (Phi) is 7.34. The number of aliphatic carboxylic acids is 1. The molecule has 0 radical (unpaired) electrons. The summed E-state index contributed by atoms with van der Waals surface area (Å²) in [5.41, 5.74) is 2.27. The fourth-order valence-corrected chi connectivity index (χ4v) is 3.54. The molecule has 2 fully saturated rings. The van der Waals surface area contributed by atoms with E-state index >= 15 is 0 Å². The molecule has 0 saturated carbocycles. The lowest BCUT2D eigenvalue weighted by atomic mass is 9.73. The SMILES string of the molecule is O=C(O)C(F)(F)F.O=C(c1ccc(OCc2ccncc2)cc1)N1CCC2(CC1)CNC2. The topological polar surface area (TPSA) is 91.8 Å². The van der Waals surface area contributed by atoms with Crippen LogP contribution in [0.4, 0.5) is 13.2 Å².